The Kier molecular flexibility index (Phi) is 5.46. The van der Waals surface area contributed by atoms with Crippen LogP contribution in [0.3, 0.4) is 0 Å². The number of nitro benzene ring substituents is 1. The smallest absolute Gasteiger partial charge is 0.293 e. The summed E-state index contributed by atoms with van der Waals surface area (Å²) in [4.78, 5) is 10.4. The monoisotopic (exact) mass is 301 g/mol. The summed E-state index contributed by atoms with van der Waals surface area (Å²) >= 11 is 0. The lowest BCUT2D eigenvalue weighted by molar-refractivity contribution is -0.384. The molecule has 0 saturated carbocycles. The Bertz CT molecular complexity index is 586. The molecule has 7 nitrogen and oxygen atoms in total. The summed E-state index contributed by atoms with van der Waals surface area (Å²) < 4.78 is 25.4. The second kappa shape index (κ2) is 6.67. The zero-order valence-electron chi connectivity index (χ0n) is 11.8. The summed E-state index contributed by atoms with van der Waals surface area (Å²) in [5.41, 5.74) is 0.0963. The number of nitrogens with one attached hydrogen (secondary N) is 1. The van der Waals surface area contributed by atoms with E-state index in [0.29, 0.717) is 18.8 Å². The third kappa shape index (κ3) is 3.45. The van der Waals surface area contributed by atoms with Crippen molar-refractivity contribution in [1.82, 2.24) is 4.31 Å². The zero-order chi connectivity index (χ0) is 15.3. The molecule has 0 aliphatic carbocycles. The summed E-state index contributed by atoms with van der Waals surface area (Å²) in [6.07, 6.45) is 0.815. The second-order valence-corrected chi connectivity index (χ2v) is 6.33. The highest BCUT2D eigenvalue weighted by Crippen LogP contribution is 2.28. The van der Waals surface area contributed by atoms with Crippen molar-refractivity contribution in [3.8, 4) is 0 Å². The lowest BCUT2D eigenvalue weighted by atomic mass is 10.2. The van der Waals surface area contributed by atoms with Crippen molar-refractivity contribution in [2.75, 3.05) is 25.5 Å². The molecule has 0 spiro atoms. The molecule has 1 aromatic carbocycles. The zero-order valence-corrected chi connectivity index (χ0v) is 12.6. The lowest BCUT2D eigenvalue weighted by Gasteiger charge is -2.15. The fourth-order valence-corrected chi connectivity index (χ4v) is 2.78. The van der Waals surface area contributed by atoms with E-state index in [2.05, 4.69) is 5.32 Å². The third-order valence-electron chi connectivity index (χ3n) is 2.88. The van der Waals surface area contributed by atoms with E-state index in [-0.39, 0.29) is 10.6 Å². The Morgan fingerprint density at radius 2 is 2.00 bits per heavy atom. The van der Waals surface area contributed by atoms with E-state index in [1.807, 2.05) is 6.92 Å². The van der Waals surface area contributed by atoms with E-state index in [4.69, 9.17) is 0 Å². The topological polar surface area (TPSA) is 92.6 Å². The average molecular weight is 301 g/mol. The third-order valence-corrected chi connectivity index (χ3v) is 4.81. The van der Waals surface area contributed by atoms with Crippen LogP contribution in [-0.4, -0.2) is 37.8 Å². The lowest BCUT2D eigenvalue weighted by Crippen LogP contribution is -2.26. The molecule has 0 fully saturated rings. The van der Waals surface area contributed by atoms with Crippen molar-refractivity contribution < 1.29 is 13.3 Å². The number of nitrogens with zero attached hydrogens (tertiary/aromatic N) is 2. The molecule has 20 heavy (non-hydrogen) atoms. The maximum absolute atomic E-state index is 12.1. The van der Waals surface area contributed by atoms with Crippen LogP contribution in [0.15, 0.2) is 23.1 Å². The minimum Gasteiger partial charge on any atom is -0.380 e. The maximum Gasteiger partial charge on any atom is 0.293 e. The Hall–Kier alpha value is -1.67. The van der Waals surface area contributed by atoms with Crippen LogP contribution in [0.1, 0.15) is 20.3 Å². The van der Waals surface area contributed by atoms with Crippen molar-refractivity contribution in [3.63, 3.8) is 0 Å². The van der Waals surface area contributed by atoms with Gasteiger partial charge in [-0.25, -0.2) is 12.7 Å². The van der Waals surface area contributed by atoms with Gasteiger partial charge < -0.3 is 5.32 Å². The molecule has 0 aromatic heterocycles. The number of hydrogen-bond donors (Lipinski definition) is 1. The van der Waals surface area contributed by atoms with Crippen molar-refractivity contribution in [3.05, 3.63) is 28.3 Å². The highest BCUT2D eigenvalue weighted by Gasteiger charge is 2.24. The minimum atomic E-state index is -3.68. The van der Waals surface area contributed by atoms with Gasteiger partial charge >= 0.3 is 0 Å². The van der Waals surface area contributed by atoms with Crippen molar-refractivity contribution >= 4 is 21.4 Å². The van der Waals surface area contributed by atoms with Gasteiger partial charge in [-0.15, -0.1) is 0 Å². The molecular weight excluding hydrogens is 282 g/mol. The molecule has 1 N–H and O–H groups in total. The fraction of sp³-hybridized carbons (Fsp3) is 0.500. The van der Waals surface area contributed by atoms with Crippen LogP contribution in [0.4, 0.5) is 11.4 Å². The standard InChI is InChI=1S/C12H19N3O4S/c1-4-8-13-11-7-6-10(9-12(11)15(16)17)20(18,19)14(3)5-2/h6-7,9,13H,4-5,8H2,1-3H3. The Balaban J connectivity index is 3.27. The van der Waals surface area contributed by atoms with Gasteiger partial charge in [-0.05, 0) is 18.6 Å². The van der Waals surface area contributed by atoms with E-state index in [9.17, 15) is 18.5 Å². The van der Waals surface area contributed by atoms with E-state index in [1.54, 1.807) is 6.92 Å². The quantitative estimate of drug-likeness (QED) is 0.614. The van der Waals surface area contributed by atoms with Crippen LogP contribution < -0.4 is 5.32 Å². The van der Waals surface area contributed by atoms with Gasteiger partial charge in [0.15, 0.2) is 0 Å². The molecule has 1 aromatic rings. The van der Waals surface area contributed by atoms with Crippen LogP contribution in [0.5, 0.6) is 0 Å². The van der Waals surface area contributed by atoms with E-state index in [1.165, 1.54) is 19.2 Å². The first kappa shape index (κ1) is 16.4. The predicted molar refractivity (Wildman–Crippen MR) is 77.4 cm³/mol. The molecule has 0 unspecified atom stereocenters. The molecule has 0 amide bonds. The number of anilines is 1. The number of hydrogen-bond acceptors (Lipinski definition) is 5. The average Bonchev–Trinajstić information content (AvgIpc) is 2.43. The number of nitro groups is 1. The number of benzene rings is 1. The first-order valence-corrected chi connectivity index (χ1v) is 7.77. The van der Waals surface area contributed by atoms with E-state index < -0.39 is 14.9 Å². The molecule has 8 heteroatoms. The SMILES string of the molecule is CCCNc1ccc(S(=O)(=O)N(C)CC)cc1[N+](=O)[O-]. The fourth-order valence-electron chi connectivity index (χ4n) is 1.58. The molecule has 0 aliphatic rings. The molecule has 1 rings (SSSR count). The van der Waals surface area contributed by atoms with Gasteiger partial charge in [-0.1, -0.05) is 13.8 Å². The number of sulfonamides is 1. The Morgan fingerprint density at radius 1 is 1.35 bits per heavy atom. The normalized spacial score (nSPS) is 11.6. The van der Waals surface area contributed by atoms with Gasteiger partial charge in [-0.2, -0.15) is 0 Å². The van der Waals surface area contributed by atoms with E-state index in [0.717, 1.165) is 16.8 Å². The molecule has 0 atom stereocenters. The summed E-state index contributed by atoms with van der Waals surface area (Å²) in [7, 11) is -2.25. The first-order valence-electron chi connectivity index (χ1n) is 6.33. The summed E-state index contributed by atoms with van der Waals surface area (Å²) in [6.45, 7) is 4.52. The summed E-state index contributed by atoms with van der Waals surface area (Å²) in [5.74, 6) is 0. The van der Waals surface area contributed by atoms with Crippen molar-refractivity contribution in [2.24, 2.45) is 0 Å². The van der Waals surface area contributed by atoms with Crippen LogP contribution in [-0.2, 0) is 10.0 Å². The van der Waals surface area contributed by atoms with Gasteiger partial charge in [0.1, 0.15) is 5.69 Å². The summed E-state index contributed by atoms with van der Waals surface area (Å²) in [5, 5.41) is 14.0. The highest BCUT2D eigenvalue weighted by molar-refractivity contribution is 7.89. The molecule has 0 heterocycles. The Labute approximate surface area is 118 Å². The molecule has 0 saturated heterocycles. The predicted octanol–water partition coefficient (Wildman–Crippen LogP) is 2.06. The van der Waals surface area contributed by atoms with Crippen molar-refractivity contribution in [2.45, 2.75) is 25.2 Å². The largest absolute Gasteiger partial charge is 0.380 e. The molecule has 0 radical (unpaired) electrons. The second-order valence-electron chi connectivity index (χ2n) is 4.28. The summed E-state index contributed by atoms with van der Waals surface area (Å²) in [6, 6.07) is 3.91. The number of rotatable bonds is 7. The van der Waals surface area contributed by atoms with Gasteiger partial charge in [0.05, 0.1) is 9.82 Å². The van der Waals surface area contributed by atoms with Gasteiger partial charge in [0.2, 0.25) is 10.0 Å². The minimum absolute atomic E-state index is 0.0735. The highest BCUT2D eigenvalue weighted by atomic mass is 32.2. The molecule has 0 aliphatic heterocycles. The molecule has 112 valence electrons. The van der Waals surface area contributed by atoms with Crippen LogP contribution >= 0.6 is 0 Å². The molecule has 0 bridgehead atoms. The van der Waals surface area contributed by atoms with E-state index >= 15 is 0 Å². The maximum atomic E-state index is 12.1. The van der Waals surface area contributed by atoms with Crippen LogP contribution in [0.2, 0.25) is 0 Å². The van der Waals surface area contributed by atoms with Gasteiger partial charge in [0.25, 0.3) is 5.69 Å². The van der Waals surface area contributed by atoms with Crippen molar-refractivity contribution in [1.29, 1.82) is 0 Å². The Morgan fingerprint density at radius 3 is 2.50 bits per heavy atom. The van der Waals surface area contributed by atoms with Gasteiger partial charge in [-0.3, -0.25) is 10.1 Å². The van der Waals surface area contributed by atoms with Crippen LogP contribution in [0.25, 0.3) is 0 Å². The van der Waals surface area contributed by atoms with Gasteiger partial charge in [0, 0.05) is 26.2 Å². The van der Waals surface area contributed by atoms with Crippen LogP contribution in [0, 0.1) is 10.1 Å². The molecular formula is C12H19N3O4S. The first-order chi connectivity index (χ1) is 9.34.